The van der Waals surface area contributed by atoms with Crippen LogP contribution in [0.5, 0.6) is 12.0 Å². The molecule has 542 valence electrons. The van der Waals surface area contributed by atoms with Crippen LogP contribution in [0.15, 0.2) is 0 Å². The molecule has 0 atom stereocenters. The molecule has 0 spiro atoms. The highest BCUT2D eigenvalue weighted by Crippen LogP contribution is 2.45. The summed E-state index contributed by atoms with van der Waals surface area (Å²) < 4.78 is 13.3. The average Bonchev–Trinajstić information content (AvgIpc) is 0.803. The molecule has 6 fully saturated rings. The molecule has 0 bridgehead atoms. The van der Waals surface area contributed by atoms with Crippen molar-refractivity contribution in [3.8, 4) is 12.0 Å². The number of hydrogen-bond donors (Lipinski definition) is 6. The monoisotopic (exact) mass is 1360 g/mol. The van der Waals surface area contributed by atoms with Gasteiger partial charge in [-0.3, -0.25) is 0 Å². The van der Waals surface area contributed by atoms with Crippen molar-refractivity contribution in [3.63, 3.8) is 0 Å². The van der Waals surface area contributed by atoms with Crippen LogP contribution in [0.25, 0.3) is 0 Å². The van der Waals surface area contributed by atoms with Gasteiger partial charge in [-0.1, -0.05) is 0 Å². The fourth-order valence-electron chi connectivity index (χ4n) is 17.8. The molecule has 0 amide bonds. The first-order valence-corrected chi connectivity index (χ1v) is 35.0. The summed E-state index contributed by atoms with van der Waals surface area (Å²) >= 11 is 0. The number of ether oxygens (including phenoxy) is 2. The van der Waals surface area contributed by atoms with Crippen LogP contribution in [0, 0.1) is 0 Å². The SMILES string of the molecule is CC1(C)CC(Nc2nc(NC3CC(C)(C)N([O])C(C)(C)C3)nc(OCCN(CCOc3nc(NC4CC(C)(C)N([O])C(C)(C)C4)nc(NC4CC(C)(C)N([O])C(C)(C)C4)n3)c3nc(NC4CC(C)(C)N([O])C(C)(C)C4)nc(NC4CC(C)(C)N([O])C(C)(C)C4)n3)n2)CC(C)(C)N1[O]. The predicted molar refractivity (Wildman–Crippen MR) is 367 cm³/mol. The number of rotatable bonds is 21. The second-order valence-corrected chi connectivity index (χ2v) is 36.5. The minimum Gasteiger partial charge on any atom is -0.461 e. The van der Waals surface area contributed by atoms with Crippen molar-refractivity contribution in [3.05, 3.63) is 0 Å². The van der Waals surface area contributed by atoms with Crippen molar-refractivity contribution in [2.45, 2.75) is 346 Å². The van der Waals surface area contributed by atoms with Gasteiger partial charge in [0.15, 0.2) is 0 Å². The highest BCUT2D eigenvalue weighted by atomic mass is 16.5. The van der Waals surface area contributed by atoms with Crippen molar-refractivity contribution in [1.82, 2.24) is 75.2 Å². The Morgan fingerprint density at radius 2 is 0.433 bits per heavy atom. The first kappa shape index (κ1) is 75.9. The Kier molecular flexibility index (Phi) is 20.8. The Balaban J connectivity index is 1.08. The summed E-state index contributed by atoms with van der Waals surface area (Å²) in [5, 5.41) is 110. The molecule has 6 aliphatic rings. The van der Waals surface area contributed by atoms with Gasteiger partial charge in [-0.25, -0.2) is 0 Å². The summed E-state index contributed by atoms with van der Waals surface area (Å²) in [6.07, 6.45) is 6.14. The molecule has 0 unspecified atom stereocenters. The molecule has 3 aromatic rings. The van der Waals surface area contributed by atoms with E-state index in [-0.39, 0.29) is 116 Å². The maximum atomic E-state index is 13.7. The zero-order chi connectivity index (χ0) is 72.0. The van der Waals surface area contributed by atoms with E-state index in [0.717, 1.165) is 0 Å². The van der Waals surface area contributed by atoms with Crippen molar-refractivity contribution in [2.75, 3.05) is 63.1 Å². The van der Waals surface area contributed by atoms with Gasteiger partial charge in [0.25, 0.3) is 0 Å². The lowest BCUT2D eigenvalue weighted by Crippen LogP contribution is -2.61. The minimum atomic E-state index is -0.715. The van der Waals surface area contributed by atoms with Gasteiger partial charge < -0.3 is 46.3 Å². The van der Waals surface area contributed by atoms with Gasteiger partial charge in [-0.05, 0) is 243 Å². The van der Waals surface area contributed by atoms with Gasteiger partial charge in [0.05, 0.1) is 13.1 Å². The molecule has 6 saturated heterocycles. The molecule has 0 aromatic carbocycles. The van der Waals surface area contributed by atoms with E-state index in [4.69, 9.17) is 54.3 Å². The topological polar surface area (TPSA) is 349 Å². The van der Waals surface area contributed by atoms with E-state index in [2.05, 4.69) is 31.9 Å². The Bertz CT molecular complexity index is 2800. The van der Waals surface area contributed by atoms with Crippen molar-refractivity contribution >= 4 is 41.6 Å². The summed E-state index contributed by atoms with van der Waals surface area (Å²) in [7, 11) is 0. The molecule has 6 aliphatic heterocycles. The van der Waals surface area contributed by atoms with Gasteiger partial charge in [0, 0.05) is 103 Å². The molecule has 97 heavy (non-hydrogen) atoms. The Morgan fingerprint density at radius 1 is 0.278 bits per heavy atom. The second kappa shape index (κ2) is 26.6. The molecular formula is C67H116N22O8. The number of hydrogen-bond acceptors (Lipinski definition) is 24. The molecular weight excluding hydrogens is 1240 g/mol. The molecule has 6 N–H and O–H groups in total. The summed E-state index contributed by atoms with van der Waals surface area (Å²) in [5.74, 6) is 1.82. The highest BCUT2D eigenvalue weighted by Gasteiger charge is 2.52. The summed E-state index contributed by atoms with van der Waals surface area (Å²) in [6.45, 7) is 46.8. The van der Waals surface area contributed by atoms with E-state index in [1.54, 1.807) is 0 Å². The van der Waals surface area contributed by atoms with Gasteiger partial charge >= 0.3 is 12.0 Å². The number of aromatic nitrogens is 9. The van der Waals surface area contributed by atoms with Crippen LogP contribution < -0.4 is 46.3 Å². The number of nitrogens with one attached hydrogen (secondary N) is 6. The van der Waals surface area contributed by atoms with Crippen molar-refractivity contribution < 1.29 is 40.7 Å². The molecule has 30 nitrogen and oxygen atoms in total. The number of piperidine rings is 6. The summed E-state index contributed by atoms with van der Waals surface area (Å²) in [4.78, 5) is 46.5. The minimum absolute atomic E-state index is 0.0182. The molecule has 0 aliphatic carbocycles. The molecule has 6 radical (unpaired) electrons. The first-order chi connectivity index (χ1) is 44.3. The van der Waals surface area contributed by atoms with Crippen LogP contribution >= 0.6 is 0 Å². The van der Waals surface area contributed by atoms with Crippen LogP contribution in [0.3, 0.4) is 0 Å². The lowest BCUT2D eigenvalue weighted by Gasteiger charge is -2.50. The van der Waals surface area contributed by atoms with E-state index in [1.807, 2.05) is 171 Å². The number of hydroxylamine groups is 12. The van der Waals surface area contributed by atoms with Crippen LogP contribution in [-0.4, -0.2) is 204 Å². The second-order valence-electron chi connectivity index (χ2n) is 36.5. The van der Waals surface area contributed by atoms with Gasteiger partial charge in [0.2, 0.25) is 41.6 Å². The lowest BCUT2D eigenvalue weighted by molar-refractivity contribution is -0.288. The molecule has 30 heteroatoms. The van der Waals surface area contributed by atoms with Gasteiger partial charge in [0.1, 0.15) is 13.2 Å². The van der Waals surface area contributed by atoms with E-state index in [0.29, 0.717) is 77.0 Å². The standard InChI is InChI=1S/C67H116N22O8/c1-56(2)29-41(30-57(3,4)84(56)90)68-47-74-48(69-42-31-58(5,6)85(91)59(7,8)32-42)78-53(77-47)83(25-27-96-54-79-49(70-43-33-60(9,10)86(92)61(11,12)34-43)75-50(80-54)71-44-35-62(13,14)87(93)63(15,16)36-44)26-28-97-55-81-51(72-45-37-64(17,18)88(94)65(19,20)38-45)76-52(82-55)73-46-39-66(21,22)89(95)67(23,24)40-46/h41-46H,25-40H2,1-24H3,(H2,68,69,74,77,78)(H2,70,71,75,79,80)(H2,72,73,76,81,82). The smallest absolute Gasteiger partial charge is 0.323 e. The highest BCUT2D eigenvalue weighted by molar-refractivity contribution is 5.46. The van der Waals surface area contributed by atoms with Gasteiger partial charge in [-0.2, -0.15) is 44.9 Å². The quantitative estimate of drug-likeness (QED) is 0.0577. The Morgan fingerprint density at radius 3 is 0.598 bits per heavy atom. The largest absolute Gasteiger partial charge is 0.461 e. The molecule has 9 rings (SSSR count). The zero-order valence-corrected chi connectivity index (χ0v) is 62.7. The van der Waals surface area contributed by atoms with E-state index >= 15 is 0 Å². The van der Waals surface area contributed by atoms with Crippen LogP contribution in [-0.2, 0) is 31.2 Å². The number of nitrogens with zero attached hydrogens (tertiary/aromatic N) is 16. The summed E-state index contributed by atoms with van der Waals surface area (Å²) in [5.41, 5.74) is -8.37. The third kappa shape index (κ3) is 17.4. The lowest BCUT2D eigenvalue weighted by atomic mass is 9.79. The number of anilines is 7. The molecule has 9 heterocycles. The third-order valence-corrected chi connectivity index (χ3v) is 20.9. The Labute approximate surface area is 576 Å². The average molecular weight is 1360 g/mol. The zero-order valence-electron chi connectivity index (χ0n) is 62.7. The maximum absolute atomic E-state index is 13.7. The molecule has 3 aromatic heterocycles. The third-order valence-electron chi connectivity index (χ3n) is 20.9. The van der Waals surface area contributed by atoms with E-state index in [1.165, 1.54) is 30.4 Å². The van der Waals surface area contributed by atoms with Crippen LogP contribution in [0.4, 0.5) is 41.6 Å². The Hall–Kier alpha value is -5.25. The van der Waals surface area contributed by atoms with Gasteiger partial charge in [-0.15, -0.1) is 61.6 Å². The maximum Gasteiger partial charge on any atom is 0.323 e. The fourth-order valence-corrected chi connectivity index (χ4v) is 17.8. The fraction of sp³-hybridized carbons (Fsp3) is 0.866. The van der Waals surface area contributed by atoms with Crippen molar-refractivity contribution in [2.24, 2.45) is 0 Å². The summed E-state index contributed by atoms with van der Waals surface area (Å²) in [6, 6.07) is -1.13. The first-order valence-electron chi connectivity index (χ1n) is 35.0. The molecule has 0 saturated carbocycles. The van der Waals surface area contributed by atoms with Crippen molar-refractivity contribution in [1.29, 1.82) is 0 Å². The van der Waals surface area contributed by atoms with E-state index < -0.39 is 66.5 Å². The predicted octanol–water partition coefficient (Wildman–Crippen LogP) is 9.88. The van der Waals surface area contributed by atoms with Crippen LogP contribution in [0.2, 0.25) is 0 Å². The normalized spacial score (nSPS) is 26.2. The van der Waals surface area contributed by atoms with Crippen LogP contribution in [0.1, 0.15) is 243 Å². The van der Waals surface area contributed by atoms with E-state index in [9.17, 15) is 31.2 Å².